The molecule has 0 saturated carbocycles. The molecule has 0 bridgehead atoms. The number of nitrogens with zero attached hydrogens (tertiary/aromatic N) is 1. The van der Waals surface area contributed by atoms with Crippen LogP contribution in [0.4, 0.5) is 4.39 Å². The molecule has 0 unspecified atom stereocenters. The summed E-state index contributed by atoms with van der Waals surface area (Å²) in [4.78, 5) is 4.29. The molecule has 18 heavy (non-hydrogen) atoms. The molecule has 1 aromatic heterocycles. The number of pyridine rings is 1. The molecule has 2 aromatic rings. The third-order valence-electron chi connectivity index (χ3n) is 2.20. The molecule has 0 aliphatic rings. The van der Waals surface area contributed by atoms with Gasteiger partial charge >= 0.3 is 0 Å². The summed E-state index contributed by atoms with van der Waals surface area (Å²) in [6.45, 7) is 0.657. The van der Waals surface area contributed by atoms with Gasteiger partial charge in [0.2, 0.25) is 5.88 Å². The summed E-state index contributed by atoms with van der Waals surface area (Å²) in [7, 11) is 1.85. The second-order valence-electron chi connectivity index (χ2n) is 3.70. The first kappa shape index (κ1) is 13.0. The first-order chi connectivity index (χ1) is 8.67. The topological polar surface area (TPSA) is 34.1 Å². The van der Waals surface area contributed by atoms with Gasteiger partial charge in [-0.3, -0.25) is 0 Å². The quantitative estimate of drug-likeness (QED) is 0.938. The van der Waals surface area contributed by atoms with E-state index in [0.29, 0.717) is 22.6 Å². The van der Waals surface area contributed by atoms with Crippen LogP contribution >= 0.6 is 15.9 Å². The summed E-state index contributed by atoms with van der Waals surface area (Å²) in [5.41, 5.74) is 0.866. The van der Waals surface area contributed by atoms with Gasteiger partial charge in [-0.2, -0.15) is 0 Å². The average molecular weight is 311 g/mol. The van der Waals surface area contributed by atoms with Crippen molar-refractivity contribution < 1.29 is 9.13 Å². The third kappa shape index (κ3) is 3.51. The van der Waals surface area contributed by atoms with E-state index in [4.69, 9.17) is 4.74 Å². The molecule has 0 spiro atoms. The summed E-state index contributed by atoms with van der Waals surface area (Å²) in [6.07, 6.45) is 0. The fraction of sp³-hybridized carbons (Fsp3) is 0.154. The Labute approximate surface area is 113 Å². The van der Waals surface area contributed by atoms with E-state index in [1.54, 1.807) is 12.1 Å². The fourth-order valence-corrected chi connectivity index (χ4v) is 1.95. The highest BCUT2D eigenvalue weighted by atomic mass is 79.9. The van der Waals surface area contributed by atoms with Crippen LogP contribution in [-0.4, -0.2) is 12.0 Å². The van der Waals surface area contributed by atoms with Crippen molar-refractivity contribution in [2.24, 2.45) is 0 Å². The molecule has 3 nitrogen and oxygen atoms in total. The van der Waals surface area contributed by atoms with Crippen molar-refractivity contribution in [1.29, 1.82) is 0 Å². The van der Waals surface area contributed by atoms with Crippen LogP contribution < -0.4 is 10.1 Å². The van der Waals surface area contributed by atoms with Gasteiger partial charge in [0.05, 0.1) is 5.69 Å². The van der Waals surface area contributed by atoms with Gasteiger partial charge in [0.1, 0.15) is 11.6 Å². The second kappa shape index (κ2) is 5.93. The first-order valence-electron chi connectivity index (χ1n) is 5.42. The Hall–Kier alpha value is -1.46. The highest BCUT2D eigenvalue weighted by molar-refractivity contribution is 9.10. The summed E-state index contributed by atoms with van der Waals surface area (Å²) in [6, 6.07) is 9.86. The number of ether oxygens (including phenoxy) is 1. The molecular formula is C13H12BrFN2O. The molecule has 0 fully saturated rings. The van der Waals surface area contributed by atoms with E-state index in [1.807, 2.05) is 19.2 Å². The minimum absolute atomic E-state index is 0.356. The minimum Gasteiger partial charge on any atom is -0.439 e. The van der Waals surface area contributed by atoms with Gasteiger partial charge in [0.25, 0.3) is 0 Å². The van der Waals surface area contributed by atoms with Gasteiger partial charge < -0.3 is 10.1 Å². The van der Waals surface area contributed by atoms with Crippen LogP contribution in [0.3, 0.4) is 0 Å². The Morgan fingerprint density at radius 2 is 2.17 bits per heavy atom. The zero-order valence-electron chi connectivity index (χ0n) is 9.78. The Morgan fingerprint density at radius 1 is 1.33 bits per heavy atom. The van der Waals surface area contributed by atoms with Gasteiger partial charge in [0, 0.05) is 23.2 Å². The molecule has 0 saturated heterocycles. The predicted octanol–water partition coefficient (Wildman–Crippen LogP) is 3.49. The van der Waals surface area contributed by atoms with Gasteiger partial charge in [-0.05, 0) is 25.2 Å². The van der Waals surface area contributed by atoms with Gasteiger partial charge in [0.15, 0.2) is 0 Å². The summed E-state index contributed by atoms with van der Waals surface area (Å²) in [5, 5.41) is 3.01. The molecule has 0 amide bonds. The Balaban J connectivity index is 2.20. The van der Waals surface area contributed by atoms with Crippen molar-refractivity contribution in [3.05, 3.63) is 52.4 Å². The van der Waals surface area contributed by atoms with Gasteiger partial charge in [-0.25, -0.2) is 9.37 Å². The maximum absolute atomic E-state index is 13.2. The van der Waals surface area contributed by atoms with E-state index in [0.717, 1.165) is 5.69 Å². The van der Waals surface area contributed by atoms with Gasteiger partial charge in [-0.15, -0.1) is 0 Å². The number of benzene rings is 1. The number of rotatable bonds is 4. The molecule has 2 rings (SSSR count). The van der Waals surface area contributed by atoms with E-state index in [-0.39, 0.29) is 5.82 Å². The first-order valence-corrected chi connectivity index (χ1v) is 6.21. The van der Waals surface area contributed by atoms with E-state index < -0.39 is 0 Å². The lowest BCUT2D eigenvalue weighted by molar-refractivity contribution is 0.455. The van der Waals surface area contributed by atoms with E-state index >= 15 is 0 Å². The van der Waals surface area contributed by atoms with Crippen LogP contribution in [0.15, 0.2) is 40.9 Å². The monoisotopic (exact) mass is 310 g/mol. The number of hydrogen-bond acceptors (Lipinski definition) is 3. The predicted molar refractivity (Wildman–Crippen MR) is 71.2 cm³/mol. The minimum atomic E-state index is -0.356. The lowest BCUT2D eigenvalue weighted by Gasteiger charge is -2.07. The average Bonchev–Trinajstić information content (AvgIpc) is 2.28. The molecule has 0 atom stereocenters. The van der Waals surface area contributed by atoms with Crippen LogP contribution in [-0.2, 0) is 6.54 Å². The highest BCUT2D eigenvalue weighted by Crippen LogP contribution is 2.24. The lowest BCUT2D eigenvalue weighted by Crippen LogP contribution is -2.06. The van der Waals surface area contributed by atoms with Crippen LogP contribution in [0.1, 0.15) is 5.69 Å². The number of aromatic nitrogens is 1. The van der Waals surface area contributed by atoms with Crippen molar-refractivity contribution in [3.63, 3.8) is 0 Å². The molecule has 1 N–H and O–H groups in total. The van der Waals surface area contributed by atoms with Crippen LogP contribution in [0.5, 0.6) is 11.6 Å². The molecule has 5 heteroatoms. The summed E-state index contributed by atoms with van der Waals surface area (Å²) < 4.78 is 19.3. The Kier molecular flexibility index (Phi) is 4.28. The largest absolute Gasteiger partial charge is 0.439 e. The molecule has 1 heterocycles. The van der Waals surface area contributed by atoms with E-state index in [1.165, 1.54) is 12.1 Å². The van der Waals surface area contributed by atoms with Crippen molar-refractivity contribution in [1.82, 2.24) is 10.3 Å². The molecule has 0 aliphatic carbocycles. The zero-order valence-corrected chi connectivity index (χ0v) is 11.4. The number of hydrogen-bond donors (Lipinski definition) is 1. The fourth-order valence-electron chi connectivity index (χ4n) is 1.50. The Bertz CT molecular complexity index is 528. The van der Waals surface area contributed by atoms with Crippen LogP contribution in [0.2, 0.25) is 0 Å². The van der Waals surface area contributed by atoms with E-state index in [2.05, 4.69) is 26.2 Å². The third-order valence-corrected chi connectivity index (χ3v) is 2.66. The maximum Gasteiger partial charge on any atom is 0.219 e. The zero-order chi connectivity index (χ0) is 13.0. The summed E-state index contributed by atoms with van der Waals surface area (Å²) in [5.74, 6) is 0.502. The molecule has 0 aliphatic heterocycles. The second-order valence-corrected chi connectivity index (χ2v) is 4.62. The molecule has 1 aromatic carbocycles. The Morgan fingerprint density at radius 3 is 2.89 bits per heavy atom. The number of halogens is 2. The lowest BCUT2D eigenvalue weighted by atomic mass is 10.3. The maximum atomic E-state index is 13.2. The van der Waals surface area contributed by atoms with E-state index in [9.17, 15) is 4.39 Å². The molecule has 0 radical (unpaired) electrons. The van der Waals surface area contributed by atoms with Crippen LogP contribution in [0, 0.1) is 5.82 Å². The van der Waals surface area contributed by atoms with Gasteiger partial charge in [-0.1, -0.05) is 22.0 Å². The molecule has 94 valence electrons. The standard InChI is InChI=1S/C13H12BrFN2O/c1-16-8-11-3-2-4-13(17-11)18-12-6-9(14)5-10(15)7-12/h2-7,16H,8H2,1H3. The summed E-state index contributed by atoms with van der Waals surface area (Å²) >= 11 is 3.22. The normalized spacial score (nSPS) is 10.4. The van der Waals surface area contributed by atoms with Crippen molar-refractivity contribution >= 4 is 15.9 Å². The highest BCUT2D eigenvalue weighted by Gasteiger charge is 2.03. The van der Waals surface area contributed by atoms with Crippen molar-refractivity contribution in [3.8, 4) is 11.6 Å². The van der Waals surface area contributed by atoms with Crippen molar-refractivity contribution in [2.45, 2.75) is 6.54 Å². The van der Waals surface area contributed by atoms with Crippen LogP contribution in [0.25, 0.3) is 0 Å². The molecular weight excluding hydrogens is 299 g/mol. The smallest absolute Gasteiger partial charge is 0.219 e. The SMILES string of the molecule is CNCc1cccc(Oc2cc(F)cc(Br)c2)n1. The van der Waals surface area contributed by atoms with Crippen molar-refractivity contribution in [2.75, 3.05) is 7.05 Å². The number of nitrogens with one attached hydrogen (secondary N) is 1.